The van der Waals surface area contributed by atoms with Gasteiger partial charge in [-0.3, -0.25) is 9.59 Å². The summed E-state index contributed by atoms with van der Waals surface area (Å²) >= 11 is 0. The minimum Gasteiger partial charge on any atom is -0.353 e. The first kappa shape index (κ1) is 18.0. The van der Waals surface area contributed by atoms with Gasteiger partial charge in [-0.05, 0) is 32.1 Å². The minimum absolute atomic E-state index is 0.126. The SMILES string of the molecule is CCCC(=O)NC1CCN(C(=O)C(CC)(CC)CN)CC1. The molecule has 0 unspecified atom stereocenters. The molecule has 1 aliphatic rings. The summed E-state index contributed by atoms with van der Waals surface area (Å²) < 4.78 is 0. The molecule has 0 aliphatic carbocycles. The second-order valence-electron chi connectivity index (χ2n) is 6.08. The molecule has 0 aromatic carbocycles. The number of nitrogens with zero attached hydrogens (tertiary/aromatic N) is 1. The summed E-state index contributed by atoms with van der Waals surface area (Å²) in [6.07, 6.45) is 4.71. The molecular weight excluding hydrogens is 266 g/mol. The molecular formula is C16H31N3O2. The first-order valence-corrected chi connectivity index (χ1v) is 8.31. The van der Waals surface area contributed by atoms with Crippen LogP contribution in [0.2, 0.25) is 0 Å². The molecule has 122 valence electrons. The molecule has 0 saturated carbocycles. The predicted octanol–water partition coefficient (Wildman–Crippen LogP) is 1.66. The third-order valence-corrected chi connectivity index (χ3v) is 4.82. The van der Waals surface area contributed by atoms with Gasteiger partial charge in [0.1, 0.15) is 0 Å². The van der Waals surface area contributed by atoms with Crippen LogP contribution in [0.15, 0.2) is 0 Å². The van der Waals surface area contributed by atoms with E-state index in [0.29, 0.717) is 13.0 Å². The Balaban J connectivity index is 2.52. The van der Waals surface area contributed by atoms with Crippen molar-refractivity contribution in [2.24, 2.45) is 11.1 Å². The Morgan fingerprint density at radius 2 is 1.76 bits per heavy atom. The van der Waals surface area contributed by atoms with Gasteiger partial charge < -0.3 is 16.0 Å². The summed E-state index contributed by atoms with van der Waals surface area (Å²) in [5.41, 5.74) is 5.45. The summed E-state index contributed by atoms with van der Waals surface area (Å²) in [6.45, 7) is 7.92. The maximum Gasteiger partial charge on any atom is 0.230 e. The van der Waals surface area contributed by atoms with E-state index in [4.69, 9.17) is 5.73 Å². The average molecular weight is 297 g/mol. The Hall–Kier alpha value is -1.10. The van der Waals surface area contributed by atoms with Crippen molar-refractivity contribution < 1.29 is 9.59 Å². The van der Waals surface area contributed by atoms with Crippen LogP contribution < -0.4 is 11.1 Å². The zero-order valence-corrected chi connectivity index (χ0v) is 13.8. The molecule has 0 atom stereocenters. The topological polar surface area (TPSA) is 75.4 Å². The van der Waals surface area contributed by atoms with Crippen molar-refractivity contribution in [2.45, 2.75) is 65.3 Å². The summed E-state index contributed by atoms with van der Waals surface area (Å²) in [5.74, 6) is 0.314. The summed E-state index contributed by atoms with van der Waals surface area (Å²) in [4.78, 5) is 26.3. The van der Waals surface area contributed by atoms with Crippen LogP contribution in [0.4, 0.5) is 0 Å². The largest absolute Gasteiger partial charge is 0.353 e. The number of amides is 2. The van der Waals surface area contributed by atoms with Gasteiger partial charge in [-0.15, -0.1) is 0 Å². The maximum atomic E-state index is 12.7. The lowest BCUT2D eigenvalue weighted by molar-refractivity contribution is -0.143. The van der Waals surface area contributed by atoms with Crippen molar-refractivity contribution in [3.05, 3.63) is 0 Å². The lowest BCUT2D eigenvalue weighted by Gasteiger charge is -2.39. The Labute approximate surface area is 128 Å². The van der Waals surface area contributed by atoms with Crippen molar-refractivity contribution in [1.82, 2.24) is 10.2 Å². The lowest BCUT2D eigenvalue weighted by atomic mass is 9.80. The highest BCUT2D eigenvalue weighted by atomic mass is 16.2. The number of nitrogens with two attached hydrogens (primary N) is 1. The first-order valence-electron chi connectivity index (χ1n) is 8.31. The molecule has 1 rings (SSSR count). The molecule has 0 radical (unpaired) electrons. The van der Waals surface area contributed by atoms with Crippen LogP contribution in [0, 0.1) is 5.41 Å². The summed E-state index contributed by atoms with van der Waals surface area (Å²) in [7, 11) is 0. The predicted molar refractivity (Wildman–Crippen MR) is 84.7 cm³/mol. The van der Waals surface area contributed by atoms with E-state index in [0.717, 1.165) is 45.2 Å². The third-order valence-electron chi connectivity index (χ3n) is 4.82. The normalized spacial score (nSPS) is 16.9. The van der Waals surface area contributed by atoms with Crippen LogP contribution in [0.1, 0.15) is 59.3 Å². The standard InChI is InChI=1S/C16H31N3O2/c1-4-7-14(20)18-13-8-10-19(11-9-13)15(21)16(5-2,6-3)12-17/h13H,4-12,17H2,1-3H3,(H,18,20). The molecule has 5 nitrogen and oxygen atoms in total. The maximum absolute atomic E-state index is 12.7. The molecule has 1 aliphatic heterocycles. The van der Waals surface area contributed by atoms with Gasteiger partial charge in [0.25, 0.3) is 0 Å². The number of hydrogen-bond acceptors (Lipinski definition) is 3. The number of carbonyl (C=O) groups excluding carboxylic acids is 2. The number of hydrogen-bond donors (Lipinski definition) is 2. The second-order valence-corrected chi connectivity index (χ2v) is 6.08. The molecule has 1 heterocycles. The van der Waals surface area contributed by atoms with E-state index in [1.54, 1.807) is 0 Å². The Morgan fingerprint density at radius 3 is 2.19 bits per heavy atom. The molecule has 0 aromatic rings. The smallest absolute Gasteiger partial charge is 0.230 e. The highest BCUT2D eigenvalue weighted by Gasteiger charge is 2.38. The number of likely N-dealkylation sites (tertiary alicyclic amines) is 1. The van der Waals surface area contributed by atoms with Gasteiger partial charge in [0.05, 0.1) is 5.41 Å². The van der Waals surface area contributed by atoms with Crippen LogP contribution in [-0.2, 0) is 9.59 Å². The zero-order valence-electron chi connectivity index (χ0n) is 13.8. The lowest BCUT2D eigenvalue weighted by Crippen LogP contribution is -2.52. The van der Waals surface area contributed by atoms with E-state index in [1.165, 1.54) is 0 Å². The molecule has 0 spiro atoms. The van der Waals surface area contributed by atoms with E-state index in [1.807, 2.05) is 25.7 Å². The molecule has 21 heavy (non-hydrogen) atoms. The van der Waals surface area contributed by atoms with Gasteiger partial charge in [-0.2, -0.15) is 0 Å². The van der Waals surface area contributed by atoms with E-state index in [2.05, 4.69) is 5.32 Å². The number of carbonyl (C=O) groups is 2. The Bertz CT molecular complexity index is 337. The van der Waals surface area contributed by atoms with Gasteiger partial charge in [0.15, 0.2) is 0 Å². The molecule has 0 aromatic heterocycles. The van der Waals surface area contributed by atoms with Crippen LogP contribution in [-0.4, -0.2) is 42.4 Å². The average Bonchev–Trinajstić information content (AvgIpc) is 2.50. The molecule has 3 N–H and O–H groups in total. The van der Waals surface area contributed by atoms with E-state index < -0.39 is 5.41 Å². The van der Waals surface area contributed by atoms with E-state index >= 15 is 0 Å². The second kappa shape index (κ2) is 8.37. The summed E-state index contributed by atoms with van der Waals surface area (Å²) in [5, 5.41) is 3.06. The van der Waals surface area contributed by atoms with Crippen molar-refractivity contribution in [1.29, 1.82) is 0 Å². The monoisotopic (exact) mass is 297 g/mol. The molecule has 2 amide bonds. The number of nitrogens with one attached hydrogen (secondary N) is 1. The molecule has 5 heteroatoms. The Morgan fingerprint density at radius 1 is 1.19 bits per heavy atom. The van der Waals surface area contributed by atoms with Crippen LogP contribution in [0.25, 0.3) is 0 Å². The fourth-order valence-electron chi connectivity index (χ4n) is 3.02. The van der Waals surface area contributed by atoms with Gasteiger partial charge >= 0.3 is 0 Å². The van der Waals surface area contributed by atoms with Gasteiger partial charge in [0, 0.05) is 32.1 Å². The van der Waals surface area contributed by atoms with Crippen molar-refractivity contribution in [2.75, 3.05) is 19.6 Å². The molecule has 0 bridgehead atoms. The van der Waals surface area contributed by atoms with Crippen LogP contribution >= 0.6 is 0 Å². The van der Waals surface area contributed by atoms with Crippen molar-refractivity contribution in [3.63, 3.8) is 0 Å². The Kier molecular flexibility index (Phi) is 7.15. The molecule has 1 fully saturated rings. The van der Waals surface area contributed by atoms with Crippen molar-refractivity contribution in [3.8, 4) is 0 Å². The fourth-order valence-corrected chi connectivity index (χ4v) is 3.02. The highest BCUT2D eigenvalue weighted by Crippen LogP contribution is 2.29. The highest BCUT2D eigenvalue weighted by molar-refractivity contribution is 5.83. The van der Waals surface area contributed by atoms with Gasteiger partial charge in [-0.25, -0.2) is 0 Å². The van der Waals surface area contributed by atoms with Crippen LogP contribution in [0.5, 0.6) is 0 Å². The minimum atomic E-state index is -0.404. The van der Waals surface area contributed by atoms with E-state index in [9.17, 15) is 9.59 Å². The van der Waals surface area contributed by atoms with Gasteiger partial charge in [-0.1, -0.05) is 20.8 Å². The van der Waals surface area contributed by atoms with Gasteiger partial charge in [0.2, 0.25) is 11.8 Å². The van der Waals surface area contributed by atoms with Crippen molar-refractivity contribution >= 4 is 11.8 Å². The van der Waals surface area contributed by atoms with Crippen LogP contribution in [0.3, 0.4) is 0 Å². The third kappa shape index (κ3) is 4.43. The number of piperidine rings is 1. The number of rotatable bonds is 7. The molecule has 1 saturated heterocycles. The summed E-state index contributed by atoms with van der Waals surface area (Å²) in [6, 6.07) is 0.212. The first-order chi connectivity index (χ1) is 10.0. The van der Waals surface area contributed by atoms with E-state index in [-0.39, 0.29) is 17.9 Å². The fraction of sp³-hybridized carbons (Fsp3) is 0.875. The zero-order chi connectivity index (χ0) is 15.9. The quantitative estimate of drug-likeness (QED) is 0.750.